The van der Waals surface area contributed by atoms with E-state index in [4.69, 9.17) is 0 Å². The molecule has 0 aromatic carbocycles. The summed E-state index contributed by atoms with van der Waals surface area (Å²) in [6.07, 6.45) is 2.58. The Morgan fingerprint density at radius 3 is 2.50 bits per heavy atom. The number of carbonyl (C=O) groups is 1. The van der Waals surface area contributed by atoms with Crippen molar-refractivity contribution in [1.29, 1.82) is 0 Å². The zero-order chi connectivity index (χ0) is 12.9. The lowest BCUT2D eigenvalue weighted by molar-refractivity contribution is -0.110. The first kappa shape index (κ1) is 11.6. The third-order valence-electron chi connectivity index (χ3n) is 4.16. The summed E-state index contributed by atoms with van der Waals surface area (Å²) in [4.78, 5) is 13.8. The molecule has 1 saturated carbocycles. The van der Waals surface area contributed by atoms with Crippen LogP contribution in [-0.4, -0.2) is 39.6 Å². The van der Waals surface area contributed by atoms with Crippen LogP contribution < -0.4 is 0 Å². The number of halogens is 2. The van der Waals surface area contributed by atoms with E-state index in [1.165, 1.54) is 4.68 Å². The first-order valence-corrected chi connectivity index (χ1v) is 6.15. The quantitative estimate of drug-likeness (QED) is 0.763. The van der Waals surface area contributed by atoms with Crippen molar-refractivity contribution in [1.82, 2.24) is 14.7 Å². The Kier molecular flexibility index (Phi) is 2.43. The molecule has 2 atom stereocenters. The fourth-order valence-electron chi connectivity index (χ4n) is 3.06. The molecule has 1 saturated heterocycles. The minimum absolute atomic E-state index is 0.160. The Morgan fingerprint density at radius 1 is 1.39 bits per heavy atom. The van der Waals surface area contributed by atoms with Crippen LogP contribution in [0.2, 0.25) is 0 Å². The van der Waals surface area contributed by atoms with Gasteiger partial charge in [-0.15, -0.1) is 0 Å². The lowest BCUT2D eigenvalue weighted by Gasteiger charge is -2.37. The normalized spacial score (nSPS) is 29.6. The number of aromatic nitrogens is 2. The third kappa shape index (κ3) is 1.54. The van der Waals surface area contributed by atoms with Crippen molar-refractivity contribution in [2.75, 3.05) is 13.1 Å². The predicted octanol–water partition coefficient (Wildman–Crippen LogP) is 1.54. The maximum absolute atomic E-state index is 13.8. The Morgan fingerprint density at radius 2 is 2.00 bits per heavy atom. The van der Waals surface area contributed by atoms with Gasteiger partial charge in [-0.2, -0.15) is 5.10 Å². The SMILES string of the molecule is Cn1nccc1C(=O)N1CC2CCC(C1)C2(F)F. The van der Waals surface area contributed by atoms with Crippen molar-refractivity contribution >= 4 is 5.91 Å². The molecule has 6 heteroatoms. The van der Waals surface area contributed by atoms with Gasteiger partial charge in [0.25, 0.3) is 11.8 Å². The molecule has 0 radical (unpaired) electrons. The average molecular weight is 255 g/mol. The van der Waals surface area contributed by atoms with Gasteiger partial charge < -0.3 is 4.90 Å². The molecule has 1 aromatic rings. The number of amides is 1. The van der Waals surface area contributed by atoms with Crippen LogP contribution in [0.25, 0.3) is 0 Å². The Bertz CT molecular complexity index is 469. The van der Waals surface area contributed by atoms with Gasteiger partial charge >= 0.3 is 0 Å². The summed E-state index contributed by atoms with van der Waals surface area (Å²) in [6, 6.07) is 1.62. The zero-order valence-electron chi connectivity index (χ0n) is 10.1. The number of alkyl halides is 2. The molecule has 18 heavy (non-hydrogen) atoms. The summed E-state index contributed by atoms with van der Waals surface area (Å²) in [6.45, 7) is 0.320. The van der Waals surface area contributed by atoms with Crippen LogP contribution in [0.3, 0.4) is 0 Å². The number of aryl methyl sites for hydroxylation is 1. The monoisotopic (exact) mass is 255 g/mol. The van der Waals surface area contributed by atoms with E-state index in [1.54, 1.807) is 24.2 Å². The van der Waals surface area contributed by atoms with Crippen molar-refractivity contribution in [3.8, 4) is 0 Å². The van der Waals surface area contributed by atoms with E-state index in [0.717, 1.165) is 0 Å². The van der Waals surface area contributed by atoms with Crippen LogP contribution in [0, 0.1) is 11.8 Å². The van der Waals surface area contributed by atoms with E-state index in [2.05, 4.69) is 5.10 Å². The largest absolute Gasteiger partial charge is 0.336 e. The summed E-state index contributed by atoms with van der Waals surface area (Å²) in [5.74, 6) is -4.13. The highest BCUT2D eigenvalue weighted by Gasteiger charge is 2.56. The summed E-state index contributed by atoms with van der Waals surface area (Å²) in [5, 5.41) is 3.94. The molecule has 1 aromatic heterocycles. The van der Waals surface area contributed by atoms with Gasteiger partial charge in [0, 0.05) is 38.2 Å². The highest BCUT2D eigenvalue weighted by molar-refractivity contribution is 5.92. The second-order valence-electron chi connectivity index (χ2n) is 5.20. The zero-order valence-corrected chi connectivity index (χ0v) is 10.1. The van der Waals surface area contributed by atoms with Gasteiger partial charge in [0.2, 0.25) is 0 Å². The number of likely N-dealkylation sites (tertiary alicyclic amines) is 1. The number of carbonyl (C=O) groups excluding carboxylic acids is 1. The van der Waals surface area contributed by atoms with Crippen molar-refractivity contribution in [3.05, 3.63) is 18.0 Å². The maximum atomic E-state index is 13.8. The van der Waals surface area contributed by atoms with Gasteiger partial charge in [0.05, 0.1) is 0 Å². The Hall–Kier alpha value is -1.46. The fourth-order valence-corrected chi connectivity index (χ4v) is 3.06. The van der Waals surface area contributed by atoms with E-state index < -0.39 is 17.8 Å². The number of hydrogen-bond donors (Lipinski definition) is 0. The predicted molar refractivity (Wildman–Crippen MR) is 60.3 cm³/mol. The molecule has 2 aliphatic rings. The molecular formula is C12H15F2N3O. The van der Waals surface area contributed by atoms with Gasteiger partial charge in [-0.1, -0.05) is 0 Å². The topological polar surface area (TPSA) is 38.1 Å². The molecule has 0 N–H and O–H groups in total. The Labute approximate surface area is 104 Å². The first-order chi connectivity index (χ1) is 8.50. The summed E-state index contributed by atoms with van der Waals surface area (Å²) in [5.41, 5.74) is 0.458. The maximum Gasteiger partial charge on any atom is 0.272 e. The lowest BCUT2D eigenvalue weighted by Crippen LogP contribution is -2.51. The van der Waals surface area contributed by atoms with Crippen molar-refractivity contribution in [3.63, 3.8) is 0 Å². The van der Waals surface area contributed by atoms with Crippen molar-refractivity contribution in [2.45, 2.75) is 18.8 Å². The molecular weight excluding hydrogens is 240 g/mol. The van der Waals surface area contributed by atoms with Crippen LogP contribution in [-0.2, 0) is 7.05 Å². The number of fused-ring (bicyclic) bond motifs is 2. The first-order valence-electron chi connectivity index (χ1n) is 6.15. The second kappa shape index (κ2) is 3.76. The van der Waals surface area contributed by atoms with Gasteiger partial charge in [0.1, 0.15) is 5.69 Å². The molecule has 3 rings (SSSR count). The summed E-state index contributed by atoms with van der Waals surface area (Å²) in [7, 11) is 1.68. The molecule has 4 nitrogen and oxygen atoms in total. The molecule has 0 spiro atoms. The van der Waals surface area contributed by atoms with E-state index in [9.17, 15) is 13.6 Å². The Balaban J connectivity index is 1.81. The highest BCUT2D eigenvalue weighted by Crippen LogP contribution is 2.48. The van der Waals surface area contributed by atoms with E-state index in [1.807, 2.05) is 0 Å². The third-order valence-corrected chi connectivity index (χ3v) is 4.16. The summed E-state index contributed by atoms with van der Waals surface area (Å²) >= 11 is 0. The second-order valence-corrected chi connectivity index (χ2v) is 5.20. The molecule has 98 valence electrons. The van der Waals surface area contributed by atoms with Crippen LogP contribution in [0.1, 0.15) is 23.3 Å². The number of nitrogens with zero attached hydrogens (tertiary/aromatic N) is 3. The smallest absolute Gasteiger partial charge is 0.272 e. The minimum atomic E-state index is -2.59. The van der Waals surface area contributed by atoms with Gasteiger partial charge in [-0.05, 0) is 18.9 Å². The average Bonchev–Trinajstić information content (AvgIpc) is 2.75. The lowest BCUT2D eigenvalue weighted by atomic mass is 9.93. The van der Waals surface area contributed by atoms with Crippen LogP contribution >= 0.6 is 0 Å². The number of hydrogen-bond acceptors (Lipinski definition) is 2. The molecule has 2 unspecified atom stereocenters. The molecule has 2 heterocycles. The van der Waals surface area contributed by atoms with Crippen LogP contribution in [0.5, 0.6) is 0 Å². The van der Waals surface area contributed by atoms with E-state index >= 15 is 0 Å². The molecule has 2 bridgehead atoms. The summed E-state index contributed by atoms with van der Waals surface area (Å²) < 4.78 is 29.0. The van der Waals surface area contributed by atoms with Crippen LogP contribution in [0.15, 0.2) is 12.3 Å². The minimum Gasteiger partial charge on any atom is -0.336 e. The van der Waals surface area contributed by atoms with Gasteiger partial charge in [-0.25, -0.2) is 8.78 Å². The number of rotatable bonds is 1. The van der Waals surface area contributed by atoms with Crippen molar-refractivity contribution in [2.24, 2.45) is 18.9 Å². The van der Waals surface area contributed by atoms with Gasteiger partial charge in [0.15, 0.2) is 0 Å². The van der Waals surface area contributed by atoms with Crippen molar-refractivity contribution < 1.29 is 13.6 Å². The molecule has 1 aliphatic carbocycles. The molecule has 1 amide bonds. The standard InChI is InChI=1S/C12H15F2N3O/c1-16-10(4-5-15-16)11(18)17-6-8-2-3-9(7-17)12(8,13)14/h4-5,8-9H,2-3,6-7H2,1H3. The fraction of sp³-hybridized carbons (Fsp3) is 0.667. The van der Waals surface area contributed by atoms with E-state index in [-0.39, 0.29) is 19.0 Å². The van der Waals surface area contributed by atoms with E-state index in [0.29, 0.717) is 18.5 Å². The van der Waals surface area contributed by atoms with Crippen LogP contribution in [0.4, 0.5) is 8.78 Å². The number of piperidine rings is 1. The molecule has 1 aliphatic heterocycles. The van der Waals surface area contributed by atoms with Gasteiger partial charge in [-0.3, -0.25) is 9.48 Å². The molecule has 2 fully saturated rings. The highest BCUT2D eigenvalue weighted by atomic mass is 19.3.